The van der Waals surface area contributed by atoms with Gasteiger partial charge in [0.2, 0.25) is 10.0 Å². The average molecular weight is 388 g/mol. The second-order valence-electron chi connectivity index (χ2n) is 7.69. The molecule has 1 N–H and O–H groups in total. The summed E-state index contributed by atoms with van der Waals surface area (Å²) in [6, 6.07) is 4.72. The molecule has 7 heteroatoms. The Hall–Kier alpha value is -1.99. The van der Waals surface area contributed by atoms with Crippen molar-refractivity contribution >= 4 is 26.9 Å². The van der Waals surface area contributed by atoms with E-state index in [2.05, 4.69) is 11.9 Å². The summed E-state index contributed by atoms with van der Waals surface area (Å²) in [4.78, 5) is 16.8. The highest BCUT2D eigenvalue weighted by Gasteiger charge is 2.29. The molecular formula is C20H24N2O4S. The maximum absolute atomic E-state index is 13.1. The fraction of sp³-hybridized carbons (Fsp3) is 0.500. The van der Waals surface area contributed by atoms with E-state index < -0.39 is 16.0 Å². The molecule has 0 radical (unpaired) electrons. The van der Waals surface area contributed by atoms with Gasteiger partial charge in [-0.1, -0.05) is 6.92 Å². The molecule has 6 nitrogen and oxygen atoms in total. The molecule has 1 aromatic heterocycles. The van der Waals surface area contributed by atoms with Crippen LogP contribution in [0.25, 0.3) is 10.9 Å². The van der Waals surface area contributed by atoms with E-state index in [4.69, 9.17) is 0 Å². The molecule has 0 amide bonds. The zero-order valence-corrected chi connectivity index (χ0v) is 16.3. The molecule has 2 aromatic rings. The normalized spacial score (nSPS) is 19.1. The number of fused-ring (bicyclic) bond motifs is 2. The number of hydrogen-bond donors (Lipinski definition) is 1. The lowest BCUT2D eigenvalue weighted by atomic mass is 9.90. The lowest BCUT2D eigenvalue weighted by molar-refractivity contribution is 0.0697. The lowest BCUT2D eigenvalue weighted by Gasteiger charge is -2.29. The van der Waals surface area contributed by atoms with Gasteiger partial charge >= 0.3 is 5.97 Å². The summed E-state index contributed by atoms with van der Waals surface area (Å²) in [6.07, 6.45) is 5.10. The molecule has 1 aliphatic heterocycles. The van der Waals surface area contributed by atoms with Gasteiger partial charge in [0.25, 0.3) is 0 Å². The number of carboxylic acids is 1. The fourth-order valence-electron chi connectivity index (χ4n) is 4.18. The van der Waals surface area contributed by atoms with Gasteiger partial charge in [0.15, 0.2) is 0 Å². The van der Waals surface area contributed by atoms with E-state index in [1.807, 2.05) is 0 Å². The zero-order valence-electron chi connectivity index (χ0n) is 15.4. The molecule has 27 heavy (non-hydrogen) atoms. The summed E-state index contributed by atoms with van der Waals surface area (Å²) in [6.45, 7) is 3.15. The van der Waals surface area contributed by atoms with Gasteiger partial charge in [-0.25, -0.2) is 13.2 Å². The van der Waals surface area contributed by atoms with Gasteiger partial charge < -0.3 is 5.11 Å². The summed E-state index contributed by atoms with van der Waals surface area (Å²) in [7, 11) is -3.63. The van der Waals surface area contributed by atoms with Crippen LogP contribution in [0.2, 0.25) is 0 Å². The molecule has 0 saturated carbocycles. The van der Waals surface area contributed by atoms with Crippen LogP contribution in [0.5, 0.6) is 0 Å². The van der Waals surface area contributed by atoms with Crippen molar-refractivity contribution in [1.29, 1.82) is 0 Å². The van der Waals surface area contributed by atoms with Crippen molar-refractivity contribution in [3.8, 4) is 0 Å². The van der Waals surface area contributed by atoms with Crippen molar-refractivity contribution in [3.63, 3.8) is 0 Å². The van der Waals surface area contributed by atoms with Crippen molar-refractivity contribution < 1.29 is 18.3 Å². The van der Waals surface area contributed by atoms with E-state index in [1.165, 1.54) is 10.4 Å². The maximum atomic E-state index is 13.1. The Kier molecular flexibility index (Phi) is 4.68. The minimum Gasteiger partial charge on any atom is -0.478 e. The number of piperidine rings is 1. The van der Waals surface area contributed by atoms with Gasteiger partial charge in [-0.2, -0.15) is 4.31 Å². The van der Waals surface area contributed by atoms with Crippen LogP contribution < -0.4 is 0 Å². The predicted octanol–water partition coefficient (Wildman–Crippen LogP) is 3.23. The second-order valence-corrected chi connectivity index (χ2v) is 9.63. The van der Waals surface area contributed by atoms with Gasteiger partial charge in [-0.15, -0.1) is 0 Å². The Labute approximate surface area is 159 Å². The number of pyridine rings is 1. The molecule has 0 unspecified atom stereocenters. The van der Waals surface area contributed by atoms with Crippen LogP contribution in [-0.4, -0.2) is 41.9 Å². The first kappa shape index (κ1) is 18.4. The number of aromatic carboxylic acids is 1. The number of aromatic nitrogens is 1. The molecule has 1 saturated heterocycles. The Morgan fingerprint density at radius 3 is 2.59 bits per heavy atom. The molecule has 1 fully saturated rings. The topological polar surface area (TPSA) is 87.6 Å². The summed E-state index contributed by atoms with van der Waals surface area (Å²) in [5.74, 6) is -0.482. The molecule has 0 spiro atoms. The van der Waals surface area contributed by atoms with E-state index in [-0.39, 0.29) is 10.5 Å². The van der Waals surface area contributed by atoms with Crippen molar-refractivity contribution in [2.75, 3.05) is 13.1 Å². The highest BCUT2D eigenvalue weighted by atomic mass is 32.2. The first-order valence-electron chi connectivity index (χ1n) is 9.57. The van der Waals surface area contributed by atoms with Crippen LogP contribution in [0.3, 0.4) is 0 Å². The number of benzene rings is 1. The molecule has 2 aliphatic rings. The standard InChI is InChI=1S/C20H24N2O4S/c1-13-8-10-22(11-9-13)27(25,26)14-6-7-18-16(12-14)19(20(23)24)15-4-2-3-5-17(15)21-18/h6-7,12-13H,2-5,8-11H2,1H3,(H,23,24). The van der Waals surface area contributed by atoms with E-state index >= 15 is 0 Å². The number of nitrogens with zero attached hydrogens (tertiary/aromatic N) is 2. The Morgan fingerprint density at radius 1 is 1.19 bits per heavy atom. The predicted molar refractivity (Wildman–Crippen MR) is 103 cm³/mol. The Morgan fingerprint density at radius 2 is 1.89 bits per heavy atom. The minimum atomic E-state index is -3.63. The van der Waals surface area contributed by atoms with Gasteiger partial charge in [0, 0.05) is 24.2 Å². The number of carboxylic acid groups (broad SMARTS) is 1. The van der Waals surface area contributed by atoms with Crippen LogP contribution in [-0.2, 0) is 22.9 Å². The van der Waals surface area contributed by atoms with Gasteiger partial charge in [0.05, 0.1) is 16.0 Å². The first-order chi connectivity index (χ1) is 12.9. The van der Waals surface area contributed by atoms with Gasteiger partial charge in [0.1, 0.15) is 0 Å². The van der Waals surface area contributed by atoms with Crippen LogP contribution >= 0.6 is 0 Å². The SMILES string of the molecule is CC1CCN(S(=O)(=O)c2ccc3nc4c(c(C(=O)O)c3c2)CCCC4)CC1. The Balaban J connectivity index is 1.84. The highest BCUT2D eigenvalue weighted by Crippen LogP contribution is 2.32. The fourth-order valence-corrected chi connectivity index (χ4v) is 5.68. The average Bonchev–Trinajstić information content (AvgIpc) is 2.65. The Bertz CT molecular complexity index is 1010. The van der Waals surface area contributed by atoms with Crippen LogP contribution in [0, 0.1) is 5.92 Å². The third-order valence-corrected chi connectivity index (χ3v) is 7.72. The molecule has 2 heterocycles. The first-order valence-corrected chi connectivity index (χ1v) is 11.0. The third kappa shape index (κ3) is 3.23. The largest absolute Gasteiger partial charge is 0.478 e. The van der Waals surface area contributed by atoms with Crippen molar-refractivity contribution in [2.45, 2.75) is 50.3 Å². The van der Waals surface area contributed by atoms with Crippen molar-refractivity contribution in [1.82, 2.24) is 9.29 Å². The summed E-state index contributed by atoms with van der Waals surface area (Å²) < 4.78 is 27.6. The minimum absolute atomic E-state index is 0.157. The smallest absolute Gasteiger partial charge is 0.336 e. The third-order valence-electron chi connectivity index (χ3n) is 5.83. The number of aryl methyl sites for hydroxylation is 1. The van der Waals surface area contributed by atoms with Crippen LogP contribution in [0.1, 0.15) is 54.2 Å². The van der Waals surface area contributed by atoms with Crippen LogP contribution in [0.15, 0.2) is 23.1 Å². The highest BCUT2D eigenvalue weighted by molar-refractivity contribution is 7.89. The molecule has 144 valence electrons. The second kappa shape index (κ2) is 6.87. The van der Waals surface area contributed by atoms with E-state index in [9.17, 15) is 18.3 Å². The van der Waals surface area contributed by atoms with E-state index in [0.29, 0.717) is 36.3 Å². The summed E-state index contributed by atoms with van der Waals surface area (Å²) >= 11 is 0. The summed E-state index contributed by atoms with van der Waals surface area (Å²) in [5.41, 5.74) is 2.38. The van der Waals surface area contributed by atoms with Crippen molar-refractivity contribution in [2.24, 2.45) is 5.92 Å². The van der Waals surface area contributed by atoms with E-state index in [1.54, 1.807) is 12.1 Å². The quantitative estimate of drug-likeness (QED) is 0.872. The zero-order chi connectivity index (χ0) is 19.2. The van der Waals surface area contributed by atoms with Crippen molar-refractivity contribution in [3.05, 3.63) is 35.0 Å². The summed E-state index contributed by atoms with van der Waals surface area (Å²) in [5, 5.41) is 10.2. The number of hydrogen-bond acceptors (Lipinski definition) is 4. The number of carbonyl (C=O) groups is 1. The molecule has 1 aromatic carbocycles. The van der Waals surface area contributed by atoms with E-state index in [0.717, 1.165) is 43.4 Å². The molecule has 0 bridgehead atoms. The monoisotopic (exact) mass is 388 g/mol. The number of sulfonamides is 1. The van der Waals surface area contributed by atoms with Gasteiger partial charge in [-0.05, 0) is 68.2 Å². The molecular weight excluding hydrogens is 364 g/mol. The van der Waals surface area contributed by atoms with Crippen LogP contribution in [0.4, 0.5) is 0 Å². The lowest BCUT2D eigenvalue weighted by Crippen LogP contribution is -2.37. The molecule has 1 aliphatic carbocycles. The van der Waals surface area contributed by atoms with Gasteiger partial charge in [-0.3, -0.25) is 4.98 Å². The maximum Gasteiger partial charge on any atom is 0.336 e. The molecule has 4 rings (SSSR count). The molecule has 0 atom stereocenters. The number of rotatable bonds is 3.